The van der Waals surface area contributed by atoms with Gasteiger partial charge in [-0.05, 0) is 26.2 Å². The van der Waals surface area contributed by atoms with Gasteiger partial charge in [0.1, 0.15) is 0 Å². The molecule has 0 fully saturated rings. The van der Waals surface area contributed by atoms with Crippen molar-refractivity contribution >= 4 is 11.6 Å². The zero-order valence-corrected chi connectivity index (χ0v) is 8.23. The van der Waals surface area contributed by atoms with Crippen LogP contribution >= 0.6 is 11.6 Å². The van der Waals surface area contributed by atoms with Crippen LogP contribution < -0.4 is 0 Å². The summed E-state index contributed by atoms with van der Waals surface area (Å²) in [4.78, 5) is 0. The van der Waals surface area contributed by atoms with E-state index in [9.17, 15) is 0 Å². The maximum atomic E-state index is 6.21. The van der Waals surface area contributed by atoms with Gasteiger partial charge in [-0.1, -0.05) is 0 Å². The summed E-state index contributed by atoms with van der Waals surface area (Å²) in [5, 5.41) is 4.57. The first-order valence-corrected chi connectivity index (χ1v) is 4.80. The van der Waals surface area contributed by atoms with E-state index in [-0.39, 0.29) is 5.38 Å². The highest BCUT2D eigenvalue weighted by atomic mass is 35.5. The van der Waals surface area contributed by atoms with Gasteiger partial charge in [-0.3, -0.25) is 4.68 Å². The third kappa shape index (κ3) is 1.06. The summed E-state index contributed by atoms with van der Waals surface area (Å²) >= 11 is 6.21. The van der Waals surface area contributed by atoms with Crippen LogP contribution in [-0.2, 0) is 13.5 Å². The molecular weight excluding hydrogens is 172 g/mol. The summed E-state index contributed by atoms with van der Waals surface area (Å²) in [7, 11) is 2.00. The van der Waals surface area contributed by atoms with E-state index in [0.29, 0.717) is 0 Å². The lowest BCUT2D eigenvalue weighted by atomic mass is 9.95. The number of halogens is 1. The SMILES string of the molecule is Cc1nn(C)c2c1C(Cl)CCC2. The van der Waals surface area contributed by atoms with Gasteiger partial charge in [0, 0.05) is 18.3 Å². The minimum atomic E-state index is 0.197. The van der Waals surface area contributed by atoms with Crippen LogP contribution in [-0.4, -0.2) is 9.78 Å². The van der Waals surface area contributed by atoms with Crippen molar-refractivity contribution in [2.75, 3.05) is 0 Å². The predicted octanol–water partition coefficient (Wildman–Crippen LogP) is 2.34. The normalized spacial score (nSPS) is 22.4. The Bertz CT molecular complexity index is 304. The Morgan fingerprint density at radius 1 is 1.58 bits per heavy atom. The molecule has 12 heavy (non-hydrogen) atoms. The maximum absolute atomic E-state index is 6.21. The summed E-state index contributed by atoms with van der Waals surface area (Å²) < 4.78 is 1.97. The molecule has 0 N–H and O–H groups in total. The van der Waals surface area contributed by atoms with Gasteiger partial charge >= 0.3 is 0 Å². The van der Waals surface area contributed by atoms with Gasteiger partial charge in [-0.25, -0.2) is 0 Å². The Hall–Kier alpha value is -0.500. The van der Waals surface area contributed by atoms with Crippen molar-refractivity contribution < 1.29 is 0 Å². The number of aromatic nitrogens is 2. The molecule has 0 bridgehead atoms. The van der Waals surface area contributed by atoms with Gasteiger partial charge < -0.3 is 0 Å². The average molecular weight is 185 g/mol. The summed E-state index contributed by atoms with van der Waals surface area (Å²) in [6.07, 6.45) is 3.43. The number of rotatable bonds is 0. The molecule has 0 saturated carbocycles. The Kier molecular flexibility index (Phi) is 1.87. The standard InChI is InChI=1S/C9H13ClN2/c1-6-9-7(10)4-3-5-8(9)12(2)11-6/h7H,3-5H2,1-2H3. The number of hydrogen-bond acceptors (Lipinski definition) is 1. The van der Waals surface area contributed by atoms with E-state index < -0.39 is 0 Å². The molecule has 1 aliphatic carbocycles. The van der Waals surface area contributed by atoms with E-state index in [0.717, 1.165) is 18.5 Å². The summed E-state index contributed by atoms with van der Waals surface area (Å²) in [6, 6.07) is 0. The van der Waals surface area contributed by atoms with Crippen molar-refractivity contribution in [1.82, 2.24) is 9.78 Å². The van der Waals surface area contributed by atoms with Crippen molar-refractivity contribution in [3.8, 4) is 0 Å². The number of alkyl halides is 1. The number of fused-ring (bicyclic) bond motifs is 1. The quantitative estimate of drug-likeness (QED) is 0.566. The number of aryl methyl sites for hydroxylation is 2. The molecule has 0 aliphatic heterocycles. The third-order valence-electron chi connectivity index (χ3n) is 2.58. The van der Waals surface area contributed by atoms with Crippen molar-refractivity contribution in [1.29, 1.82) is 0 Å². The molecule has 2 nitrogen and oxygen atoms in total. The smallest absolute Gasteiger partial charge is 0.0643 e. The van der Waals surface area contributed by atoms with E-state index >= 15 is 0 Å². The highest BCUT2D eigenvalue weighted by Crippen LogP contribution is 2.35. The summed E-state index contributed by atoms with van der Waals surface area (Å²) in [5.41, 5.74) is 3.72. The monoisotopic (exact) mass is 184 g/mol. The topological polar surface area (TPSA) is 17.8 Å². The first kappa shape index (κ1) is 8.11. The van der Waals surface area contributed by atoms with Crippen LogP contribution in [0.5, 0.6) is 0 Å². The molecule has 0 radical (unpaired) electrons. The molecule has 1 aromatic heterocycles. The molecule has 0 amide bonds. The fourth-order valence-corrected chi connectivity index (χ4v) is 2.46. The Morgan fingerprint density at radius 2 is 2.33 bits per heavy atom. The maximum Gasteiger partial charge on any atom is 0.0643 e. The highest BCUT2D eigenvalue weighted by molar-refractivity contribution is 6.21. The molecule has 0 spiro atoms. The lowest BCUT2D eigenvalue weighted by Crippen LogP contribution is -2.07. The summed E-state index contributed by atoms with van der Waals surface area (Å²) in [5.74, 6) is 0. The second-order valence-corrected chi connectivity index (χ2v) is 3.96. The molecule has 3 heteroatoms. The number of hydrogen-bond donors (Lipinski definition) is 0. The molecule has 66 valence electrons. The van der Waals surface area contributed by atoms with Crippen LogP contribution in [0.25, 0.3) is 0 Å². The zero-order valence-electron chi connectivity index (χ0n) is 7.47. The van der Waals surface area contributed by atoms with E-state index in [2.05, 4.69) is 5.10 Å². The van der Waals surface area contributed by atoms with Crippen LogP contribution in [0, 0.1) is 6.92 Å². The van der Waals surface area contributed by atoms with Crippen molar-refractivity contribution in [2.45, 2.75) is 31.6 Å². The Balaban J connectivity index is 2.55. The second-order valence-electron chi connectivity index (χ2n) is 3.43. The van der Waals surface area contributed by atoms with E-state index in [1.807, 2.05) is 18.7 Å². The largest absolute Gasteiger partial charge is 0.272 e. The highest BCUT2D eigenvalue weighted by Gasteiger charge is 2.23. The van der Waals surface area contributed by atoms with E-state index in [1.54, 1.807) is 0 Å². The molecule has 0 aromatic carbocycles. The molecule has 1 atom stereocenters. The first-order valence-electron chi connectivity index (χ1n) is 4.36. The van der Waals surface area contributed by atoms with Crippen LogP contribution in [0.1, 0.15) is 35.2 Å². The van der Waals surface area contributed by atoms with Gasteiger partial charge in [0.15, 0.2) is 0 Å². The van der Waals surface area contributed by atoms with Crippen molar-refractivity contribution in [3.63, 3.8) is 0 Å². The zero-order chi connectivity index (χ0) is 8.72. The van der Waals surface area contributed by atoms with Crippen LogP contribution in [0.2, 0.25) is 0 Å². The molecule has 1 aliphatic rings. The molecule has 1 heterocycles. The lowest BCUT2D eigenvalue weighted by molar-refractivity contribution is 0.616. The number of nitrogens with zero attached hydrogens (tertiary/aromatic N) is 2. The summed E-state index contributed by atoms with van der Waals surface area (Å²) in [6.45, 7) is 2.04. The third-order valence-corrected chi connectivity index (χ3v) is 3.01. The van der Waals surface area contributed by atoms with E-state index in [1.165, 1.54) is 17.7 Å². The second kappa shape index (κ2) is 2.77. The average Bonchev–Trinajstić information content (AvgIpc) is 2.29. The molecule has 1 unspecified atom stereocenters. The Labute approximate surface area is 77.5 Å². The van der Waals surface area contributed by atoms with Gasteiger partial charge in [0.05, 0.1) is 11.1 Å². The fourth-order valence-electron chi connectivity index (χ4n) is 2.02. The van der Waals surface area contributed by atoms with Crippen molar-refractivity contribution in [3.05, 3.63) is 17.0 Å². The minimum Gasteiger partial charge on any atom is -0.272 e. The predicted molar refractivity (Wildman–Crippen MR) is 49.5 cm³/mol. The van der Waals surface area contributed by atoms with E-state index in [4.69, 9.17) is 11.6 Å². The lowest BCUT2D eigenvalue weighted by Gasteiger charge is -2.17. The van der Waals surface area contributed by atoms with Crippen molar-refractivity contribution in [2.24, 2.45) is 7.05 Å². The van der Waals surface area contributed by atoms with Crippen LogP contribution in [0.3, 0.4) is 0 Å². The van der Waals surface area contributed by atoms with Gasteiger partial charge in [-0.2, -0.15) is 5.10 Å². The van der Waals surface area contributed by atoms with Gasteiger partial charge in [-0.15, -0.1) is 11.6 Å². The van der Waals surface area contributed by atoms with Gasteiger partial charge in [0.2, 0.25) is 0 Å². The fraction of sp³-hybridized carbons (Fsp3) is 0.667. The van der Waals surface area contributed by atoms with Crippen LogP contribution in [0.4, 0.5) is 0 Å². The molecule has 0 saturated heterocycles. The van der Waals surface area contributed by atoms with Gasteiger partial charge in [0.25, 0.3) is 0 Å². The first-order chi connectivity index (χ1) is 5.70. The minimum absolute atomic E-state index is 0.197. The van der Waals surface area contributed by atoms with Crippen LogP contribution in [0.15, 0.2) is 0 Å². The molecule has 1 aromatic rings. The molecular formula is C9H13ClN2. The molecule has 2 rings (SSSR count). The Morgan fingerprint density at radius 3 is 3.00 bits per heavy atom.